The van der Waals surface area contributed by atoms with Crippen LogP contribution in [-0.4, -0.2) is 27.8 Å². The van der Waals surface area contributed by atoms with Crippen LogP contribution >= 0.6 is 11.3 Å². The zero-order valence-electron chi connectivity index (χ0n) is 9.08. The normalized spacial score (nSPS) is 10.2. The molecule has 0 bridgehead atoms. The number of hydrogen-bond donors (Lipinski definition) is 1. The van der Waals surface area contributed by atoms with Gasteiger partial charge < -0.3 is 10.5 Å². The third-order valence-electron chi connectivity index (χ3n) is 2.03. The van der Waals surface area contributed by atoms with Crippen molar-refractivity contribution < 1.29 is 9.53 Å². The first-order valence-electron chi connectivity index (χ1n) is 4.78. The quantitative estimate of drug-likeness (QED) is 0.812. The third-order valence-corrected chi connectivity index (χ3v) is 2.76. The molecule has 0 fully saturated rings. The van der Waals surface area contributed by atoms with Crippen LogP contribution in [0, 0.1) is 0 Å². The molecule has 6 nitrogen and oxygen atoms in total. The zero-order valence-corrected chi connectivity index (χ0v) is 9.90. The van der Waals surface area contributed by atoms with Gasteiger partial charge in [-0.3, -0.25) is 4.79 Å². The molecule has 2 N–H and O–H groups in total. The van der Waals surface area contributed by atoms with Crippen LogP contribution in [0.15, 0.2) is 17.8 Å². The summed E-state index contributed by atoms with van der Waals surface area (Å²) in [6.45, 7) is 0. The van der Waals surface area contributed by atoms with Crippen molar-refractivity contribution in [2.75, 3.05) is 12.8 Å². The van der Waals surface area contributed by atoms with Crippen molar-refractivity contribution in [3.8, 4) is 5.88 Å². The Balaban J connectivity index is 2.20. The Bertz CT molecular complexity index is 541. The van der Waals surface area contributed by atoms with E-state index in [1.807, 2.05) is 0 Å². The minimum atomic E-state index is -0.194. The fourth-order valence-electron chi connectivity index (χ4n) is 1.32. The first kappa shape index (κ1) is 11.5. The maximum absolute atomic E-state index is 11.9. The number of nitrogen functional groups attached to an aromatic ring is 1. The van der Waals surface area contributed by atoms with Gasteiger partial charge in [-0.1, -0.05) is 0 Å². The van der Waals surface area contributed by atoms with Crippen molar-refractivity contribution in [1.82, 2.24) is 15.0 Å². The summed E-state index contributed by atoms with van der Waals surface area (Å²) in [6.07, 6.45) is 3.06. The number of Topliss-reactive ketones (excluding diaryl/α,β-unsaturated/α-hetero) is 1. The first-order valence-corrected chi connectivity index (χ1v) is 5.66. The maximum atomic E-state index is 11.9. The number of hydrogen-bond acceptors (Lipinski definition) is 7. The average molecular weight is 250 g/mol. The number of carbonyl (C=O) groups excluding carboxylic acids is 1. The molecule has 0 radical (unpaired) electrons. The summed E-state index contributed by atoms with van der Waals surface area (Å²) in [7, 11) is 1.45. The second-order valence-corrected chi connectivity index (χ2v) is 4.08. The van der Waals surface area contributed by atoms with Gasteiger partial charge in [0, 0.05) is 17.8 Å². The number of aromatic nitrogens is 3. The summed E-state index contributed by atoms with van der Waals surface area (Å²) in [5.74, 6) is 0.0287. The molecule has 0 saturated carbocycles. The predicted molar refractivity (Wildman–Crippen MR) is 63.1 cm³/mol. The SMILES string of the molecule is COc1nccnc1C(=O)Cc1csc(N)n1. The minimum Gasteiger partial charge on any atom is -0.479 e. The average Bonchev–Trinajstić information content (AvgIpc) is 2.74. The summed E-state index contributed by atoms with van der Waals surface area (Å²) in [4.78, 5) is 23.8. The highest BCUT2D eigenvalue weighted by atomic mass is 32.1. The molecule has 0 aliphatic carbocycles. The topological polar surface area (TPSA) is 91.0 Å². The number of ketones is 1. The highest BCUT2D eigenvalue weighted by Gasteiger charge is 2.16. The highest BCUT2D eigenvalue weighted by Crippen LogP contribution is 2.16. The van der Waals surface area contributed by atoms with Crippen molar-refractivity contribution in [1.29, 1.82) is 0 Å². The van der Waals surface area contributed by atoms with E-state index in [-0.39, 0.29) is 23.8 Å². The standard InChI is InChI=1S/C10H10N4O2S/c1-16-9-8(12-2-3-13-9)7(15)4-6-5-17-10(11)14-6/h2-3,5H,4H2,1H3,(H2,11,14). The van der Waals surface area contributed by atoms with Gasteiger partial charge in [0.1, 0.15) is 0 Å². The number of nitrogens with zero attached hydrogens (tertiary/aromatic N) is 3. The lowest BCUT2D eigenvalue weighted by atomic mass is 10.2. The molecule has 0 aromatic carbocycles. The molecule has 2 rings (SSSR count). The molecule has 88 valence electrons. The van der Waals surface area contributed by atoms with Gasteiger partial charge in [-0.25, -0.2) is 15.0 Å². The Morgan fingerprint density at radius 2 is 2.24 bits per heavy atom. The van der Waals surface area contributed by atoms with Gasteiger partial charge in [0.15, 0.2) is 16.6 Å². The molecule has 2 aromatic rings. The molecule has 17 heavy (non-hydrogen) atoms. The predicted octanol–water partition coefficient (Wildman–Crippen LogP) is 0.949. The molecule has 0 amide bonds. The molecule has 0 spiro atoms. The van der Waals surface area contributed by atoms with Crippen molar-refractivity contribution in [3.63, 3.8) is 0 Å². The zero-order chi connectivity index (χ0) is 12.3. The van der Waals surface area contributed by atoms with Crippen molar-refractivity contribution >= 4 is 22.3 Å². The number of rotatable bonds is 4. The largest absolute Gasteiger partial charge is 0.479 e. The maximum Gasteiger partial charge on any atom is 0.243 e. The van der Waals surface area contributed by atoms with Crippen LogP contribution in [0.3, 0.4) is 0 Å². The second-order valence-electron chi connectivity index (χ2n) is 3.19. The van der Waals surface area contributed by atoms with Crippen LogP contribution in [0.5, 0.6) is 5.88 Å². The lowest BCUT2D eigenvalue weighted by Crippen LogP contribution is -2.09. The van der Waals surface area contributed by atoms with Gasteiger partial charge in [0.05, 0.1) is 19.2 Å². The van der Waals surface area contributed by atoms with Gasteiger partial charge in [-0.2, -0.15) is 0 Å². The van der Waals surface area contributed by atoms with Crippen molar-refractivity contribution in [2.45, 2.75) is 6.42 Å². The van der Waals surface area contributed by atoms with E-state index in [4.69, 9.17) is 10.5 Å². The molecule has 0 aliphatic heterocycles. The summed E-state index contributed by atoms with van der Waals surface area (Å²) in [5, 5.41) is 2.19. The molecule has 2 heterocycles. The minimum absolute atomic E-state index is 0.142. The molecule has 2 aromatic heterocycles. The van der Waals surface area contributed by atoms with E-state index in [0.717, 1.165) is 0 Å². The Hall–Kier alpha value is -2.02. The highest BCUT2D eigenvalue weighted by molar-refractivity contribution is 7.13. The van der Waals surface area contributed by atoms with E-state index in [1.165, 1.54) is 30.8 Å². The Morgan fingerprint density at radius 3 is 2.88 bits per heavy atom. The number of thiazole rings is 1. The number of carbonyl (C=O) groups is 1. The Labute approximate surface area is 101 Å². The van der Waals surface area contributed by atoms with Crippen LogP contribution in [0.1, 0.15) is 16.2 Å². The van der Waals surface area contributed by atoms with E-state index in [2.05, 4.69) is 15.0 Å². The molecule has 0 aliphatic rings. The fraction of sp³-hybridized carbons (Fsp3) is 0.200. The van der Waals surface area contributed by atoms with Crippen LogP contribution in [0.25, 0.3) is 0 Å². The van der Waals surface area contributed by atoms with E-state index in [0.29, 0.717) is 10.8 Å². The molecule has 7 heteroatoms. The summed E-state index contributed by atoms with van der Waals surface area (Å²) in [5.41, 5.74) is 6.33. The molecule has 0 atom stereocenters. The number of anilines is 1. The van der Waals surface area contributed by atoms with Crippen molar-refractivity contribution in [3.05, 3.63) is 29.2 Å². The fourth-order valence-corrected chi connectivity index (χ4v) is 1.88. The third kappa shape index (κ3) is 2.56. The van der Waals surface area contributed by atoms with Gasteiger partial charge in [-0.15, -0.1) is 11.3 Å². The first-order chi connectivity index (χ1) is 8.20. The lowest BCUT2D eigenvalue weighted by molar-refractivity contribution is 0.0983. The monoisotopic (exact) mass is 250 g/mol. The summed E-state index contributed by atoms with van der Waals surface area (Å²) >= 11 is 1.30. The summed E-state index contributed by atoms with van der Waals surface area (Å²) < 4.78 is 4.97. The molecular weight excluding hydrogens is 240 g/mol. The Morgan fingerprint density at radius 1 is 1.47 bits per heavy atom. The van der Waals surface area contributed by atoms with Crippen LogP contribution < -0.4 is 10.5 Å². The number of ether oxygens (including phenoxy) is 1. The van der Waals surface area contributed by atoms with Crippen LogP contribution in [0.4, 0.5) is 5.13 Å². The Kier molecular flexibility index (Phi) is 3.29. The molecule has 0 unspecified atom stereocenters. The van der Waals surface area contributed by atoms with E-state index in [1.54, 1.807) is 5.38 Å². The van der Waals surface area contributed by atoms with Crippen LogP contribution in [-0.2, 0) is 6.42 Å². The van der Waals surface area contributed by atoms with E-state index >= 15 is 0 Å². The van der Waals surface area contributed by atoms with Crippen molar-refractivity contribution in [2.24, 2.45) is 0 Å². The van der Waals surface area contributed by atoms with E-state index < -0.39 is 0 Å². The van der Waals surface area contributed by atoms with Gasteiger partial charge in [0.2, 0.25) is 5.88 Å². The summed E-state index contributed by atoms with van der Waals surface area (Å²) in [6, 6.07) is 0. The molecular formula is C10H10N4O2S. The van der Waals surface area contributed by atoms with Crippen LogP contribution in [0.2, 0.25) is 0 Å². The van der Waals surface area contributed by atoms with Gasteiger partial charge >= 0.3 is 0 Å². The molecule has 0 saturated heterocycles. The van der Waals surface area contributed by atoms with E-state index in [9.17, 15) is 4.79 Å². The van der Waals surface area contributed by atoms with Gasteiger partial charge in [-0.05, 0) is 0 Å². The number of methoxy groups -OCH3 is 1. The number of nitrogens with two attached hydrogens (primary N) is 1. The smallest absolute Gasteiger partial charge is 0.243 e. The second kappa shape index (κ2) is 4.88. The van der Waals surface area contributed by atoms with Gasteiger partial charge in [0.25, 0.3) is 0 Å². The lowest BCUT2D eigenvalue weighted by Gasteiger charge is -2.03.